The van der Waals surface area contributed by atoms with Gasteiger partial charge >= 0.3 is 0 Å². The zero-order chi connectivity index (χ0) is 19.2. The van der Waals surface area contributed by atoms with Gasteiger partial charge in [0.25, 0.3) is 0 Å². The molecule has 4 aromatic rings. The number of rotatable bonds is 7. The minimum absolute atomic E-state index is 0.519. The second-order valence-corrected chi connectivity index (χ2v) is 6.64. The summed E-state index contributed by atoms with van der Waals surface area (Å²) in [4.78, 5) is 0. The number of ether oxygens (including phenoxy) is 2. The Labute approximate surface area is 165 Å². The predicted octanol–water partition coefficient (Wildman–Crippen LogP) is 6.04. The molecule has 3 heteroatoms. The lowest BCUT2D eigenvalue weighted by molar-refractivity contribution is 0.284. The largest absolute Gasteiger partial charge is 0.493 e. The number of anilines is 1. The molecule has 4 aromatic carbocycles. The van der Waals surface area contributed by atoms with Gasteiger partial charge in [0.2, 0.25) is 0 Å². The first-order chi connectivity index (χ1) is 13.8. The van der Waals surface area contributed by atoms with Crippen molar-refractivity contribution < 1.29 is 9.47 Å². The van der Waals surface area contributed by atoms with Gasteiger partial charge in [-0.25, -0.2) is 0 Å². The van der Waals surface area contributed by atoms with E-state index in [0.717, 1.165) is 28.3 Å². The van der Waals surface area contributed by atoms with Gasteiger partial charge < -0.3 is 14.8 Å². The van der Waals surface area contributed by atoms with Crippen molar-refractivity contribution in [2.24, 2.45) is 0 Å². The van der Waals surface area contributed by atoms with Crippen LogP contribution in [-0.2, 0) is 13.2 Å². The normalized spacial score (nSPS) is 10.6. The molecule has 0 spiro atoms. The van der Waals surface area contributed by atoms with Crippen LogP contribution in [0.4, 0.5) is 5.69 Å². The summed E-state index contributed by atoms with van der Waals surface area (Å²) in [6, 6.07) is 30.9. The molecule has 3 nitrogen and oxygen atoms in total. The number of methoxy groups -OCH3 is 1. The van der Waals surface area contributed by atoms with E-state index in [-0.39, 0.29) is 0 Å². The van der Waals surface area contributed by atoms with Crippen LogP contribution in [0.15, 0.2) is 91.0 Å². The van der Waals surface area contributed by atoms with Crippen LogP contribution in [0.2, 0.25) is 0 Å². The molecule has 0 saturated heterocycles. The first-order valence-corrected chi connectivity index (χ1v) is 9.39. The van der Waals surface area contributed by atoms with Gasteiger partial charge in [-0.2, -0.15) is 0 Å². The fraction of sp³-hybridized carbons (Fsp3) is 0.120. The molecule has 0 aliphatic carbocycles. The Bertz CT molecular complexity index is 1060. The third-order valence-electron chi connectivity index (χ3n) is 4.74. The van der Waals surface area contributed by atoms with E-state index in [1.54, 1.807) is 7.11 Å². The van der Waals surface area contributed by atoms with Crippen molar-refractivity contribution in [1.29, 1.82) is 0 Å². The minimum atomic E-state index is 0.519. The van der Waals surface area contributed by atoms with Gasteiger partial charge in [-0.05, 0) is 34.7 Å². The Morgan fingerprint density at radius 1 is 0.714 bits per heavy atom. The first kappa shape index (κ1) is 17.9. The highest BCUT2D eigenvalue weighted by atomic mass is 16.5. The van der Waals surface area contributed by atoms with Gasteiger partial charge in [0, 0.05) is 17.6 Å². The van der Waals surface area contributed by atoms with Crippen LogP contribution in [0.5, 0.6) is 11.5 Å². The Morgan fingerprint density at radius 3 is 2.36 bits per heavy atom. The summed E-state index contributed by atoms with van der Waals surface area (Å²) in [5.41, 5.74) is 3.39. The summed E-state index contributed by atoms with van der Waals surface area (Å²) >= 11 is 0. The second-order valence-electron chi connectivity index (χ2n) is 6.64. The molecule has 0 saturated carbocycles. The zero-order valence-electron chi connectivity index (χ0n) is 15.9. The van der Waals surface area contributed by atoms with Crippen molar-refractivity contribution in [3.8, 4) is 11.5 Å². The summed E-state index contributed by atoms with van der Waals surface area (Å²) in [5, 5.41) is 5.99. The Kier molecular flexibility index (Phi) is 5.43. The molecule has 0 amide bonds. The van der Waals surface area contributed by atoms with Crippen molar-refractivity contribution in [2.45, 2.75) is 13.2 Å². The smallest absolute Gasteiger partial charge is 0.161 e. The highest BCUT2D eigenvalue weighted by Crippen LogP contribution is 2.30. The van der Waals surface area contributed by atoms with Gasteiger partial charge in [-0.15, -0.1) is 0 Å². The van der Waals surface area contributed by atoms with E-state index in [1.807, 2.05) is 30.3 Å². The van der Waals surface area contributed by atoms with Crippen LogP contribution in [0.1, 0.15) is 11.1 Å². The van der Waals surface area contributed by atoms with Crippen molar-refractivity contribution >= 4 is 16.5 Å². The van der Waals surface area contributed by atoms with Gasteiger partial charge in [-0.3, -0.25) is 0 Å². The van der Waals surface area contributed by atoms with Crippen molar-refractivity contribution in [1.82, 2.24) is 0 Å². The average Bonchev–Trinajstić information content (AvgIpc) is 2.77. The number of hydrogen-bond acceptors (Lipinski definition) is 3. The van der Waals surface area contributed by atoms with Gasteiger partial charge in [0.05, 0.1) is 7.11 Å². The maximum absolute atomic E-state index is 5.94. The Hall–Kier alpha value is -3.46. The summed E-state index contributed by atoms with van der Waals surface area (Å²) in [6.45, 7) is 1.23. The lowest BCUT2D eigenvalue weighted by atomic mass is 10.1. The quantitative estimate of drug-likeness (QED) is 0.431. The van der Waals surface area contributed by atoms with E-state index in [4.69, 9.17) is 9.47 Å². The number of hydrogen-bond donors (Lipinski definition) is 1. The number of fused-ring (bicyclic) bond motifs is 1. The maximum Gasteiger partial charge on any atom is 0.161 e. The minimum Gasteiger partial charge on any atom is -0.493 e. The molecule has 0 bridgehead atoms. The van der Waals surface area contributed by atoms with Crippen LogP contribution in [0, 0.1) is 0 Å². The number of benzene rings is 4. The highest BCUT2D eigenvalue weighted by Gasteiger charge is 2.07. The summed E-state index contributed by atoms with van der Waals surface area (Å²) in [5.74, 6) is 1.49. The summed E-state index contributed by atoms with van der Waals surface area (Å²) in [7, 11) is 1.67. The summed E-state index contributed by atoms with van der Waals surface area (Å²) in [6.07, 6.45) is 0. The number of nitrogens with one attached hydrogen (secondary N) is 1. The first-order valence-electron chi connectivity index (χ1n) is 9.39. The molecule has 4 rings (SSSR count). The van der Waals surface area contributed by atoms with Gasteiger partial charge in [-0.1, -0.05) is 72.8 Å². The topological polar surface area (TPSA) is 30.5 Å². The molecular weight excluding hydrogens is 346 g/mol. The van der Waals surface area contributed by atoms with E-state index in [9.17, 15) is 0 Å². The second kappa shape index (κ2) is 8.49. The predicted molar refractivity (Wildman–Crippen MR) is 115 cm³/mol. The van der Waals surface area contributed by atoms with E-state index < -0.39 is 0 Å². The molecule has 0 aliphatic rings. The fourth-order valence-electron chi connectivity index (χ4n) is 3.25. The van der Waals surface area contributed by atoms with Crippen LogP contribution < -0.4 is 14.8 Å². The molecular formula is C25H23NO2. The Balaban J connectivity index is 1.46. The van der Waals surface area contributed by atoms with E-state index in [0.29, 0.717) is 13.2 Å². The molecule has 28 heavy (non-hydrogen) atoms. The zero-order valence-corrected chi connectivity index (χ0v) is 15.9. The average molecular weight is 369 g/mol. The molecule has 0 radical (unpaired) electrons. The van der Waals surface area contributed by atoms with Crippen LogP contribution in [0.3, 0.4) is 0 Å². The summed E-state index contributed by atoms with van der Waals surface area (Å²) < 4.78 is 11.5. The van der Waals surface area contributed by atoms with Crippen LogP contribution in [-0.4, -0.2) is 7.11 Å². The third-order valence-corrected chi connectivity index (χ3v) is 4.74. The van der Waals surface area contributed by atoms with Crippen molar-refractivity contribution in [3.05, 3.63) is 102 Å². The highest BCUT2D eigenvalue weighted by molar-refractivity contribution is 5.93. The third kappa shape index (κ3) is 4.09. The van der Waals surface area contributed by atoms with Gasteiger partial charge in [0.15, 0.2) is 11.5 Å². The Morgan fingerprint density at radius 2 is 1.50 bits per heavy atom. The molecule has 0 fully saturated rings. The molecule has 0 aromatic heterocycles. The van der Waals surface area contributed by atoms with Crippen LogP contribution >= 0.6 is 0 Å². The lowest BCUT2D eigenvalue weighted by Gasteiger charge is -2.14. The molecule has 0 unspecified atom stereocenters. The van der Waals surface area contributed by atoms with Crippen LogP contribution in [0.25, 0.3) is 10.8 Å². The SMILES string of the molecule is COc1cc(CNc2cccc3ccccc23)ccc1OCc1ccccc1. The lowest BCUT2D eigenvalue weighted by Crippen LogP contribution is -2.02. The standard InChI is InChI=1S/C25H23NO2/c1-27-25-16-20(14-15-24(25)28-18-19-8-3-2-4-9-19)17-26-23-13-7-11-21-10-5-6-12-22(21)23/h2-16,26H,17-18H2,1H3. The van der Waals surface area contributed by atoms with E-state index in [2.05, 4.69) is 66.0 Å². The van der Waals surface area contributed by atoms with Gasteiger partial charge in [0.1, 0.15) is 6.61 Å². The van der Waals surface area contributed by atoms with E-state index >= 15 is 0 Å². The molecule has 0 heterocycles. The fourth-order valence-corrected chi connectivity index (χ4v) is 3.25. The molecule has 1 N–H and O–H groups in total. The maximum atomic E-state index is 5.94. The molecule has 0 aliphatic heterocycles. The monoisotopic (exact) mass is 369 g/mol. The molecule has 0 atom stereocenters. The van der Waals surface area contributed by atoms with Crippen molar-refractivity contribution in [3.63, 3.8) is 0 Å². The molecule has 140 valence electrons. The van der Waals surface area contributed by atoms with E-state index in [1.165, 1.54) is 10.8 Å². The van der Waals surface area contributed by atoms with Crippen molar-refractivity contribution in [2.75, 3.05) is 12.4 Å².